The molecule has 0 unspecified atom stereocenters. The van der Waals surface area contributed by atoms with Gasteiger partial charge in [-0.25, -0.2) is 0 Å². The fourth-order valence-electron chi connectivity index (χ4n) is 3.45. The first-order chi connectivity index (χ1) is 13.0. The molecule has 1 heterocycles. The average Bonchev–Trinajstić information content (AvgIpc) is 2.83. The van der Waals surface area contributed by atoms with Crippen LogP contribution in [-0.4, -0.2) is 24.0 Å². The highest BCUT2D eigenvalue weighted by Crippen LogP contribution is 2.42. The normalized spacial score (nSPS) is 18.8. The van der Waals surface area contributed by atoms with Crippen molar-refractivity contribution in [2.24, 2.45) is 0 Å². The smallest absolute Gasteiger partial charge is 0.263 e. The van der Waals surface area contributed by atoms with Gasteiger partial charge in [-0.3, -0.25) is 9.59 Å². The summed E-state index contributed by atoms with van der Waals surface area (Å²) in [5, 5.41) is 13.8. The SMILES string of the molecule is C=C(C[C@@]1(O)C(=O)N(C)c2ccccc21)C(=O)Nc1ccc(C(C)(C)C)cc1. The Hall–Kier alpha value is -2.92. The average molecular weight is 378 g/mol. The number of benzene rings is 2. The molecular formula is C23H26N2O3. The number of nitrogens with one attached hydrogen (secondary N) is 1. The van der Waals surface area contributed by atoms with Crippen molar-refractivity contribution in [1.82, 2.24) is 0 Å². The van der Waals surface area contributed by atoms with Gasteiger partial charge in [-0.15, -0.1) is 0 Å². The number of hydrogen-bond acceptors (Lipinski definition) is 3. The van der Waals surface area contributed by atoms with Crippen LogP contribution in [0.1, 0.15) is 38.3 Å². The van der Waals surface area contributed by atoms with Gasteiger partial charge in [0.1, 0.15) is 0 Å². The van der Waals surface area contributed by atoms with E-state index in [0.717, 1.165) is 5.56 Å². The number of amides is 2. The molecule has 0 aromatic heterocycles. The lowest BCUT2D eigenvalue weighted by molar-refractivity contribution is -0.135. The molecular weight excluding hydrogens is 352 g/mol. The number of rotatable bonds is 4. The second-order valence-electron chi connectivity index (χ2n) is 8.30. The van der Waals surface area contributed by atoms with Crippen LogP contribution in [0.25, 0.3) is 0 Å². The first kappa shape index (κ1) is 19.8. The van der Waals surface area contributed by atoms with Gasteiger partial charge in [0.2, 0.25) is 0 Å². The molecule has 1 aliphatic heterocycles. The van der Waals surface area contributed by atoms with E-state index < -0.39 is 17.4 Å². The van der Waals surface area contributed by atoms with Crippen LogP contribution < -0.4 is 10.2 Å². The number of carbonyl (C=O) groups is 2. The van der Waals surface area contributed by atoms with E-state index in [1.54, 1.807) is 31.3 Å². The fraction of sp³-hybridized carbons (Fsp3) is 0.304. The van der Waals surface area contributed by atoms with Crippen molar-refractivity contribution in [1.29, 1.82) is 0 Å². The molecule has 0 saturated heterocycles. The maximum absolute atomic E-state index is 12.6. The summed E-state index contributed by atoms with van der Waals surface area (Å²) >= 11 is 0. The molecule has 28 heavy (non-hydrogen) atoms. The minimum atomic E-state index is -1.78. The molecule has 0 radical (unpaired) electrons. The summed E-state index contributed by atoms with van der Waals surface area (Å²) < 4.78 is 0. The molecule has 5 nitrogen and oxygen atoms in total. The molecule has 0 bridgehead atoms. The zero-order valence-electron chi connectivity index (χ0n) is 16.7. The minimum Gasteiger partial charge on any atom is -0.375 e. The molecule has 146 valence electrons. The van der Waals surface area contributed by atoms with Gasteiger partial charge in [0, 0.05) is 30.3 Å². The van der Waals surface area contributed by atoms with Gasteiger partial charge >= 0.3 is 0 Å². The van der Waals surface area contributed by atoms with E-state index in [9.17, 15) is 14.7 Å². The molecule has 0 saturated carbocycles. The molecule has 0 fully saturated rings. The Bertz CT molecular complexity index is 941. The molecule has 2 N–H and O–H groups in total. The second kappa shape index (κ2) is 6.91. The Kier molecular flexibility index (Phi) is 4.90. The molecule has 0 spiro atoms. The highest BCUT2D eigenvalue weighted by molar-refractivity contribution is 6.09. The third-order valence-electron chi connectivity index (χ3n) is 5.17. The summed E-state index contributed by atoms with van der Waals surface area (Å²) in [5.41, 5.74) is 1.32. The quantitative estimate of drug-likeness (QED) is 0.797. The van der Waals surface area contributed by atoms with Crippen LogP contribution in [-0.2, 0) is 20.6 Å². The fourth-order valence-corrected chi connectivity index (χ4v) is 3.45. The lowest BCUT2D eigenvalue weighted by Gasteiger charge is -2.23. The van der Waals surface area contributed by atoms with Gasteiger partial charge in [0.15, 0.2) is 5.60 Å². The van der Waals surface area contributed by atoms with Crippen molar-refractivity contribution in [2.45, 2.75) is 38.2 Å². The van der Waals surface area contributed by atoms with Crippen molar-refractivity contribution in [2.75, 3.05) is 17.3 Å². The van der Waals surface area contributed by atoms with Crippen LogP contribution in [0.4, 0.5) is 11.4 Å². The van der Waals surface area contributed by atoms with Crippen LogP contribution in [0.15, 0.2) is 60.7 Å². The minimum absolute atomic E-state index is 0.0255. The van der Waals surface area contributed by atoms with E-state index in [1.165, 1.54) is 4.90 Å². The zero-order valence-corrected chi connectivity index (χ0v) is 16.7. The number of likely N-dealkylation sites (N-methyl/N-ethyl adjacent to an activating group) is 1. The Morgan fingerprint density at radius 2 is 1.75 bits per heavy atom. The standard InChI is InChI=1S/C23H26N2O3/c1-15(20(26)24-17-12-10-16(11-13-17)22(2,3)4)14-23(28)18-8-6-7-9-19(18)25(5)21(23)27/h6-13,28H,1,14H2,2-5H3,(H,24,26)/t23-/m0/s1. The van der Waals surface area contributed by atoms with E-state index in [-0.39, 0.29) is 17.4 Å². The lowest BCUT2D eigenvalue weighted by atomic mass is 9.87. The van der Waals surface area contributed by atoms with Crippen molar-refractivity contribution in [3.05, 3.63) is 71.8 Å². The van der Waals surface area contributed by atoms with Gasteiger partial charge in [-0.2, -0.15) is 0 Å². The number of anilines is 2. The predicted octanol–water partition coefficient (Wildman–Crippen LogP) is 3.73. The first-order valence-electron chi connectivity index (χ1n) is 9.24. The van der Waals surface area contributed by atoms with Crippen LogP contribution in [0, 0.1) is 0 Å². The molecule has 3 rings (SSSR count). The Morgan fingerprint density at radius 1 is 1.14 bits per heavy atom. The summed E-state index contributed by atoms with van der Waals surface area (Å²) in [6.07, 6.45) is -0.168. The summed E-state index contributed by atoms with van der Waals surface area (Å²) in [4.78, 5) is 26.6. The summed E-state index contributed by atoms with van der Waals surface area (Å²) in [6, 6.07) is 14.6. The van der Waals surface area contributed by atoms with Crippen molar-refractivity contribution in [3.8, 4) is 0 Å². The Morgan fingerprint density at radius 3 is 2.36 bits per heavy atom. The van der Waals surface area contributed by atoms with E-state index in [2.05, 4.69) is 32.7 Å². The molecule has 5 heteroatoms. The molecule has 1 atom stereocenters. The van der Waals surface area contributed by atoms with E-state index in [4.69, 9.17) is 0 Å². The van der Waals surface area contributed by atoms with Crippen molar-refractivity contribution in [3.63, 3.8) is 0 Å². The second-order valence-corrected chi connectivity index (χ2v) is 8.30. The predicted molar refractivity (Wildman–Crippen MR) is 111 cm³/mol. The number of aliphatic hydroxyl groups is 1. The zero-order chi connectivity index (χ0) is 20.7. The molecule has 2 aromatic carbocycles. The van der Waals surface area contributed by atoms with E-state index in [1.807, 2.05) is 24.3 Å². The van der Waals surface area contributed by atoms with Gasteiger partial charge < -0.3 is 15.3 Å². The van der Waals surface area contributed by atoms with Gasteiger partial charge in [-0.1, -0.05) is 57.7 Å². The van der Waals surface area contributed by atoms with Crippen LogP contribution in [0.2, 0.25) is 0 Å². The number of para-hydroxylation sites is 1. The maximum Gasteiger partial charge on any atom is 0.263 e. The third kappa shape index (κ3) is 3.45. The summed E-state index contributed by atoms with van der Waals surface area (Å²) in [6.45, 7) is 10.2. The topological polar surface area (TPSA) is 69.6 Å². The van der Waals surface area contributed by atoms with Crippen LogP contribution >= 0.6 is 0 Å². The number of nitrogens with zero attached hydrogens (tertiary/aromatic N) is 1. The number of fused-ring (bicyclic) bond motifs is 1. The monoisotopic (exact) mass is 378 g/mol. The van der Waals surface area contributed by atoms with Gasteiger partial charge in [-0.05, 0) is 29.2 Å². The Labute approximate surface area is 165 Å². The van der Waals surface area contributed by atoms with Crippen LogP contribution in [0.3, 0.4) is 0 Å². The van der Waals surface area contributed by atoms with Gasteiger partial charge in [0.05, 0.1) is 5.69 Å². The van der Waals surface area contributed by atoms with E-state index >= 15 is 0 Å². The summed E-state index contributed by atoms with van der Waals surface area (Å²) in [7, 11) is 1.61. The highest BCUT2D eigenvalue weighted by Gasteiger charge is 2.48. The largest absolute Gasteiger partial charge is 0.375 e. The number of carbonyl (C=O) groups excluding carboxylic acids is 2. The van der Waals surface area contributed by atoms with Crippen molar-refractivity contribution < 1.29 is 14.7 Å². The molecule has 1 aliphatic rings. The molecule has 0 aliphatic carbocycles. The Balaban J connectivity index is 1.74. The maximum atomic E-state index is 12.6. The molecule has 2 amide bonds. The van der Waals surface area contributed by atoms with Crippen LogP contribution in [0.5, 0.6) is 0 Å². The first-order valence-corrected chi connectivity index (χ1v) is 9.24. The highest BCUT2D eigenvalue weighted by atomic mass is 16.3. The van der Waals surface area contributed by atoms with E-state index in [0.29, 0.717) is 16.9 Å². The lowest BCUT2D eigenvalue weighted by Crippen LogP contribution is -2.39. The van der Waals surface area contributed by atoms with Crippen molar-refractivity contribution >= 4 is 23.2 Å². The van der Waals surface area contributed by atoms with Gasteiger partial charge in [0.25, 0.3) is 11.8 Å². The number of hydrogen-bond donors (Lipinski definition) is 2. The molecule has 2 aromatic rings. The summed E-state index contributed by atoms with van der Waals surface area (Å²) in [5.74, 6) is -0.881. The third-order valence-corrected chi connectivity index (χ3v) is 5.17.